The van der Waals surface area contributed by atoms with Gasteiger partial charge in [-0.3, -0.25) is 10.1 Å². The van der Waals surface area contributed by atoms with Gasteiger partial charge in [0.2, 0.25) is 0 Å². The maximum absolute atomic E-state index is 12.3. The summed E-state index contributed by atoms with van der Waals surface area (Å²) in [4.78, 5) is 34.4. The molecule has 1 aromatic rings. The number of nitro groups is 1. The molecule has 0 aliphatic rings. The summed E-state index contributed by atoms with van der Waals surface area (Å²) in [5, 5.41) is 13.3. The maximum atomic E-state index is 12.3. The van der Waals surface area contributed by atoms with E-state index in [-0.39, 0.29) is 17.9 Å². The van der Waals surface area contributed by atoms with Crippen LogP contribution in [0.1, 0.15) is 45.0 Å². The summed E-state index contributed by atoms with van der Waals surface area (Å²) < 4.78 is 15.9. The molecule has 0 unspecified atom stereocenters. The van der Waals surface area contributed by atoms with Gasteiger partial charge >= 0.3 is 12.1 Å². The van der Waals surface area contributed by atoms with Crippen LogP contribution < -0.4 is 5.32 Å². The van der Waals surface area contributed by atoms with Crippen molar-refractivity contribution in [2.75, 3.05) is 13.2 Å². The molecular weight excluding hydrogens is 356 g/mol. The van der Waals surface area contributed by atoms with Crippen molar-refractivity contribution < 1.29 is 28.7 Å². The van der Waals surface area contributed by atoms with Crippen molar-refractivity contribution in [3.05, 3.63) is 39.9 Å². The first kappa shape index (κ1) is 22.4. The zero-order chi connectivity index (χ0) is 20.6. The van der Waals surface area contributed by atoms with E-state index in [1.807, 2.05) is 0 Å². The molecule has 1 rings (SSSR count). The third-order valence-corrected chi connectivity index (χ3v) is 3.38. The molecule has 0 saturated carbocycles. The van der Waals surface area contributed by atoms with Gasteiger partial charge in [-0.1, -0.05) is 0 Å². The summed E-state index contributed by atoms with van der Waals surface area (Å²) in [5.41, 5.74) is -0.626. The first-order chi connectivity index (χ1) is 12.5. The molecule has 0 spiro atoms. The Morgan fingerprint density at radius 1 is 1.22 bits per heavy atom. The number of carbonyl (C=O) groups excluding carboxylic acids is 2. The first-order valence-electron chi connectivity index (χ1n) is 8.56. The highest BCUT2D eigenvalue weighted by Crippen LogP contribution is 2.14. The Balaban J connectivity index is 2.76. The molecule has 27 heavy (non-hydrogen) atoms. The number of ether oxygens (including phenoxy) is 3. The van der Waals surface area contributed by atoms with Crippen LogP contribution in [0.2, 0.25) is 0 Å². The molecule has 1 amide bonds. The van der Waals surface area contributed by atoms with Crippen LogP contribution in [0.3, 0.4) is 0 Å². The van der Waals surface area contributed by atoms with E-state index in [4.69, 9.17) is 14.2 Å². The fourth-order valence-corrected chi connectivity index (χ4v) is 2.04. The lowest BCUT2D eigenvalue weighted by Gasteiger charge is -2.27. The van der Waals surface area contributed by atoms with Crippen LogP contribution >= 0.6 is 0 Å². The highest BCUT2D eigenvalue weighted by Gasteiger charge is 2.26. The van der Waals surface area contributed by atoms with E-state index >= 15 is 0 Å². The number of hydrogen-bond acceptors (Lipinski definition) is 7. The molecule has 0 aliphatic carbocycles. The second-order valence-corrected chi connectivity index (χ2v) is 6.83. The molecule has 2 atom stereocenters. The van der Waals surface area contributed by atoms with E-state index in [0.717, 1.165) is 0 Å². The van der Waals surface area contributed by atoms with E-state index in [2.05, 4.69) is 5.32 Å². The Labute approximate surface area is 158 Å². The number of alkyl carbamates (subject to hydrolysis) is 1. The predicted octanol–water partition coefficient (Wildman–Crippen LogP) is 3.07. The highest BCUT2D eigenvalue weighted by molar-refractivity contribution is 5.89. The van der Waals surface area contributed by atoms with Crippen molar-refractivity contribution in [2.24, 2.45) is 0 Å². The predicted molar refractivity (Wildman–Crippen MR) is 97.6 cm³/mol. The molecular formula is C18H26N2O7. The SMILES string of the molecule is CCOC[C@@H](NC(=O)OC(C)(C)C)[C@@H](C)OC(=O)c1ccc([N+](=O)[O-])cc1. The Morgan fingerprint density at radius 2 is 1.81 bits per heavy atom. The van der Waals surface area contributed by atoms with Gasteiger partial charge in [0.25, 0.3) is 5.69 Å². The standard InChI is InChI=1S/C18H26N2O7/c1-6-25-11-15(19-17(22)27-18(3,4)5)12(2)26-16(21)13-7-9-14(10-8-13)20(23)24/h7-10,12,15H,6,11H2,1-5H3,(H,19,22)/t12-,15-/m1/s1. The monoisotopic (exact) mass is 382 g/mol. The summed E-state index contributed by atoms with van der Waals surface area (Å²) in [6, 6.07) is 4.44. The Bertz CT molecular complexity index is 653. The minimum absolute atomic E-state index is 0.125. The number of hydrogen-bond donors (Lipinski definition) is 1. The molecule has 9 heteroatoms. The van der Waals surface area contributed by atoms with Gasteiger partial charge in [0, 0.05) is 18.7 Å². The van der Waals surface area contributed by atoms with Crippen LogP contribution in [0, 0.1) is 10.1 Å². The first-order valence-corrected chi connectivity index (χ1v) is 8.56. The van der Waals surface area contributed by atoms with E-state index in [1.54, 1.807) is 34.6 Å². The number of carbonyl (C=O) groups is 2. The van der Waals surface area contributed by atoms with E-state index < -0.39 is 34.7 Å². The van der Waals surface area contributed by atoms with Gasteiger partial charge < -0.3 is 19.5 Å². The highest BCUT2D eigenvalue weighted by atomic mass is 16.6. The van der Waals surface area contributed by atoms with E-state index in [0.29, 0.717) is 6.61 Å². The smallest absolute Gasteiger partial charge is 0.408 e. The zero-order valence-electron chi connectivity index (χ0n) is 16.2. The largest absolute Gasteiger partial charge is 0.457 e. The van der Waals surface area contributed by atoms with Crippen LogP contribution in [-0.2, 0) is 14.2 Å². The van der Waals surface area contributed by atoms with Gasteiger partial charge in [-0.25, -0.2) is 9.59 Å². The van der Waals surface area contributed by atoms with E-state index in [9.17, 15) is 19.7 Å². The minimum Gasteiger partial charge on any atom is -0.457 e. The van der Waals surface area contributed by atoms with Crippen molar-refractivity contribution >= 4 is 17.7 Å². The van der Waals surface area contributed by atoms with Crippen LogP contribution in [0.5, 0.6) is 0 Å². The van der Waals surface area contributed by atoms with Crippen LogP contribution in [0.25, 0.3) is 0 Å². The average Bonchev–Trinajstić information content (AvgIpc) is 2.56. The number of rotatable bonds is 8. The molecule has 0 saturated heterocycles. The van der Waals surface area contributed by atoms with Gasteiger partial charge in [0.15, 0.2) is 0 Å². The molecule has 0 aliphatic heterocycles. The maximum Gasteiger partial charge on any atom is 0.408 e. The molecule has 0 radical (unpaired) electrons. The molecule has 9 nitrogen and oxygen atoms in total. The molecule has 0 heterocycles. The number of nitrogens with one attached hydrogen (secondary N) is 1. The molecule has 0 fully saturated rings. The topological polar surface area (TPSA) is 117 Å². The number of esters is 1. The van der Waals surface area contributed by atoms with Crippen molar-refractivity contribution in [3.8, 4) is 0 Å². The minimum atomic E-state index is -0.716. The fraction of sp³-hybridized carbons (Fsp3) is 0.556. The third kappa shape index (κ3) is 8.04. The van der Waals surface area contributed by atoms with Crippen LogP contribution in [0.15, 0.2) is 24.3 Å². The van der Waals surface area contributed by atoms with Gasteiger partial charge in [0.05, 0.1) is 23.1 Å². The van der Waals surface area contributed by atoms with Gasteiger partial charge in [-0.15, -0.1) is 0 Å². The quantitative estimate of drug-likeness (QED) is 0.417. The number of non-ortho nitro benzene ring substituents is 1. The number of amides is 1. The lowest BCUT2D eigenvalue weighted by molar-refractivity contribution is -0.384. The molecule has 1 aromatic carbocycles. The van der Waals surface area contributed by atoms with Gasteiger partial charge in [-0.05, 0) is 46.8 Å². The van der Waals surface area contributed by atoms with Crippen LogP contribution in [0.4, 0.5) is 10.5 Å². The summed E-state index contributed by atoms with van der Waals surface area (Å²) in [6.45, 7) is 9.19. The van der Waals surface area contributed by atoms with E-state index in [1.165, 1.54) is 24.3 Å². The summed E-state index contributed by atoms with van der Waals surface area (Å²) in [5.74, 6) is -0.662. The second kappa shape index (κ2) is 9.86. The molecule has 150 valence electrons. The lowest BCUT2D eigenvalue weighted by atomic mass is 10.1. The Morgan fingerprint density at radius 3 is 2.30 bits per heavy atom. The van der Waals surface area contributed by atoms with Crippen molar-refractivity contribution in [1.29, 1.82) is 0 Å². The van der Waals surface area contributed by atoms with Gasteiger partial charge in [0.1, 0.15) is 11.7 Å². The van der Waals surface area contributed by atoms with Crippen molar-refractivity contribution in [3.63, 3.8) is 0 Å². The van der Waals surface area contributed by atoms with Crippen LogP contribution in [-0.4, -0.2) is 47.9 Å². The normalized spacial score (nSPS) is 13.4. The summed E-state index contributed by atoms with van der Waals surface area (Å²) in [7, 11) is 0. The van der Waals surface area contributed by atoms with Gasteiger partial charge in [-0.2, -0.15) is 0 Å². The number of benzene rings is 1. The zero-order valence-corrected chi connectivity index (χ0v) is 16.2. The summed E-state index contributed by atoms with van der Waals surface area (Å²) >= 11 is 0. The number of nitrogens with zero attached hydrogens (tertiary/aromatic N) is 1. The number of nitro benzene ring substituents is 1. The Hall–Kier alpha value is -2.68. The third-order valence-electron chi connectivity index (χ3n) is 3.38. The molecule has 1 N–H and O–H groups in total. The lowest BCUT2D eigenvalue weighted by Crippen LogP contribution is -2.48. The Kier molecular flexibility index (Phi) is 8.17. The summed E-state index contributed by atoms with van der Waals surface area (Å²) in [6.07, 6.45) is -1.36. The van der Waals surface area contributed by atoms with Crippen molar-refractivity contribution in [2.45, 2.75) is 52.4 Å². The fourth-order valence-electron chi connectivity index (χ4n) is 2.04. The average molecular weight is 382 g/mol. The van der Waals surface area contributed by atoms with Crippen molar-refractivity contribution in [1.82, 2.24) is 5.32 Å². The molecule has 0 bridgehead atoms. The molecule has 0 aromatic heterocycles. The second-order valence-electron chi connectivity index (χ2n) is 6.83.